The first-order valence-corrected chi connectivity index (χ1v) is 13.4. The van der Waals surface area contributed by atoms with Crippen molar-refractivity contribution in [3.8, 4) is 11.5 Å². The number of piperidine rings is 1. The number of likely N-dealkylation sites (tertiary alicyclic amines) is 1. The van der Waals surface area contributed by atoms with E-state index in [9.17, 15) is 6.17 Å². The second-order valence-corrected chi connectivity index (χ2v) is 10.9. The SMILES string of the molecule is [2H]C1N(c2ccc(C(C)=O)cc2)C([2H])N2C3C(=CCN12)C(C)(C)Oc1cc(OCCN2CCCCC2)ccc13. The van der Waals surface area contributed by atoms with E-state index in [1.807, 2.05) is 34.3 Å². The standard InChI is InChI=1S/C30H38N4O3/c1-22(35)23-7-9-24(10-8-23)32-20-33-16-13-27-29(34(33)21-32)26-12-11-25(19-28(26)37-30(27,2)3)36-18-17-31-14-5-4-6-15-31/h7-13,19,29H,4-6,14-18,20-21H2,1-3H3/i20D,21D. The van der Waals surface area contributed by atoms with Crippen molar-refractivity contribution in [3.63, 3.8) is 0 Å². The number of hydrazine groups is 1. The fourth-order valence-electron chi connectivity index (χ4n) is 5.84. The summed E-state index contributed by atoms with van der Waals surface area (Å²) in [7, 11) is 0. The van der Waals surface area contributed by atoms with Crippen molar-refractivity contribution in [3.05, 3.63) is 65.2 Å². The normalized spacial score (nSPS) is 28.2. The van der Waals surface area contributed by atoms with Crippen LogP contribution >= 0.6 is 0 Å². The van der Waals surface area contributed by atoms with Gasteiger partial charge in [-0.3, -0.25) is 9.69 Å². The summed E-state index contributed by atoms with van der Waals surface area (Å²) in [5.74, 6) is 1.55. The number of rotatable bonds is 6. The number of carbonyl (C=O) groups is 1. The molecular weight excluding hydrogens is 464 g/mol. The van der Waals surface area contributed by atoms with Gasteiger partial charge in [-0.1, -0.05) is 12.5 Å². The highest BCUT2D eigenvalue weighted by atomic mass is 16.5. The van der Waals surface area contributed by atoms with Gasteiger partial charge in [-0.25, -0.2) is 10.0 Å². The highest BCUT2D eigenvalue weighted by molar-refractivity contribution is 5.94. The van der Waals surface area contributed by atoms with Crippen molar-refractivity contribution in [2.24, 2.45) is 0 Å². The highest BCUT2D eigenvalue weighted by Crippen LogP contribution is 2.50. The lowest BCUT2D eigenvalue weighted by molar-refractivity contribution is -0.0297. The van der Waals surface area contributed by atoms with Gasteiger partial charge in [0.05, 0.1) is 22.1 Å². The number of benzene rings is 2. The Kier molecular flexibility index (Phi) is 5.85. The number of nitrogens with zero attached hydrogens (tertiary/aromatic N) is 4. The number of Topliss-reactive ketones (excluding diaryl/α,β-unsaturated/α-hetero) is 1. The minimum Gasteiger partial charge on any atom is -0.492 e. The first-order chi connectivity index (χ1) is 18.7. The van der Waals surface area contributed by atoms with Gasteiger partial charge in [0.15, 0.2) is 5.78 Å². The van der Waals surface area contributed by atoms with Crippen molar-refractivity contribution < 1.29 is 17.0 Å². The number of ketones is 1. The maximum atomic E-state index is 11.8. The number of ether oxygens (including phenoxy) is 2. The summed E-state index contributed by atoms with van der Waals surface area (Å²) in [6.07, 6.45) is 6.02. The summed E-state index contributed by atoms with van der Waals surface area (Å²) in [5.41, 5.74) is 2.89. The van der Waals surface area contributed by atoms with E-state index < -0.39 is 18.9 Å². The van der Waals surface area contributed by atoms with E-state index in [1.165, 1.54) is 19.3 Å². The van der Waals surface area contributed by atoms with E-state index >= 15 is 0 Å². The van der Waals surface area contributed by atoms with Crippen LogP contribution < -0.4 is 14.4 Å². The Labute approximate surface area is 223 Å². The summed E-state index contributed by atoms with van der Waals surface area (Å²) in [5, 5.41) is 3.95. The molecule has 0 radical (unpaired) electrons. The number of anilines is 1. The van der Waals surface area contributed by atoms with Crippen LogP contribution in [-0.4, -0.2) is 72.4 Å². The molecular formula is C30H38N4O3. The minimum absolute atomic E-state index is 0.00119. The molecule has 0 N–H and O–H groups in total. The van der Waals surface area contributed by atoms with Crippen molar-refractivity contribution in [1.29, 1.82) is 0 Å². The average molecular weight is 505 g/mol. The average Bonchev–Trinajstić information content (AvgIpc) is 3.18. The molecule has 0 spiro atoms. The summed E-state index contributed by atoms with van der Waals surface area (Å²) in [4.78, 5) is 16.0. The summed E-state index contributed by atoms with van der Waals surface area (Å²) >= 11 is 0. The lowest BCUT2D eigenvalue weighted by Crippen LogP contribution is -2.51. The maximum absolute atomic E-state index is 11.8. The Balaban J connectivity index is 1.26. The molecule has 4 heterocycles. The van der Waals surface area contributed by atoms with Crippen LogP contribution in [-0.2, 0) is 0 Å². The molecule has 0 bridgehead atoms. The van der Waals surface area contributed by atoms with Crippen LogP contribution in [0.15, 0.2) is 54.1 Å². The van der Waals surface area contributed by atoms with Gasteiger partial charge < -0.3 is 14.4 Å². The Morgan fingerprint density at radius 1 is 1.11 bits per heavy atom. The Hall–Kier alpha value is -2.87. The first kappa shape index (κ1) is 22.1. The molecule has 0 saturated carbocycles. The smallest absolute Gasteiger partial charge is 0.159 e. The molecule has 37 heavy (non-hydrogen) atoms. The zero-order chi connectivity index (χ0) is 27.3. The van der Waals surface area contributed by atoms with Crippen LogP contribution in [0.2, 0.25) is 0 Å². The van der Waals surface area contributed by atoms with Gasteiger partial charge in [-0.2, -0.15) is 0 Å². The monoisotopic (exact) mass is 504 g/mol. The van der Waals surface area contributed by atoms with Gasteiger partial charge in [0.1, 0.15) is 23.7 Å². The molecule has 7 nitrogen and oxygen atoms in total. The van der Waals surface area contributed by atoms with Crippen LogP contribution in [0.25, 0.3) is 0 Å². The van der Waals surface area contributed by atoms with Gasteiger partial charge in [-0.15, -0.1) is 0 Å². The zero-order valence-corrected chi connectivity index (χ0v) is 22.0. The molecule has 2 aromatic rings. The van der Waals surface area contributed by atoms with Gasteiger partial charge in [-0.05, 0) is 88.7 Å². The Morgan fingerprint density at radius 3 is 2.65 bits per heavy atom. The number of hydrogen-bond acceptors (Lipinski definition) is 7. The Morgan fingerprint density at radius 2 is 1.89 bits per heavy atom. The van der Waals surface area contributed by atoms with E-state index in [1.54, 1.807) is 24.0 Å². The van der Waals surface area contributed by atoms with Crippen molar-refractivity contribution in [2.45, 2.75) is 51.7 Å². The van der Waals surface area contributed by atoms with Gasteiger partial charge in [0, 0.05) is 36.0 Å². The summed E-state index contributed by atoms with van der Waals surface area (Å²) < 4.78 is 31.0. The van der Waals surface area contributed by atoms with Crippen molar-refractivity contribution in [2.75, 3.05) is 51.0 Å². The summed E-state index contributed by atoms with van der Waals surface area (Å²) in [6, 6.07) is 13.0. The summed E-state index contributed by atoms with van der Waals surface area (Å²) in [6.45, 7) is 8.50. The third-order valence-corrected chi connectivity index (χ3v) is 7.89. The highest BCUT2D eigenvalue weighted by Gasteiger charge is 2.47. The molecule has 7 heteroatoms. The fourth-order valence-corrected chi connectivity index (χ4v) is 5.84. The molecule has 2 fully saturated rings. The third kappa shape index (κ3) is 4.76. The molecule has 4 aliphatic rings. The van der Waals surface area contributed by atoms with E-state index in [-0.39, 0.29) is 11.8 Å². The van der Waals surface area contributed by atoms with Crippen LogP contribution in [0.3, 0.4) is 0 Å². The molecule has 196 valence electrons. The van der Waals surface area contributed by atoms with Gasteiger partial charge in [0.25, 0.3) is 0 Å². The second kappa shape index (κ2) is 9.78. The number of carbonyl (C=O) groups excluding carboxylic acids is 1. The molecule has 0 aromatic heterocycles. The zero-order valence-electron chi connectivity index (χ0n) is 24.0. The second-order valence-electron chi connectivity index (χ2n) is 10.9. The first-order valence-electron chi connectivity index (χ1n) is 14.6. The predicted molar refractivity (Wildman–Crippen MR) is 145 cm³/mol. The Bertz CT molecular complexity index is 1260. The largest absolute Gasteiger partial charge is 0.492 e. The fraction of sp³-hybridized carbons (Fsp3) is 0.500. The lowest BCUT2D eigenvalue weighted by atomic mass is 9.82. The van der Waals surface area contributed by atoms with Crippen LogP contribution in [0, 0.1) is 0 Å². The third-order valence-electron chi connectivity index (χ3n) is 7.89. The lowest BCUT2D eigenvalue weighted by Gasteiger charge is -2.48. The van der Waals surface area contributed by atoms with Gasteiger partial charge >= 0.3 is 0 Å². The number of fused-ring (bicyclic) bond motifs is 5. The number of hydrogen-bond donors (Lipinski definition) is 0. The molecule has 2 saturated heterocycles. The van der Waals surface area contributed by atoms with Gasteiger partial charge in [0.2, 0.25) is 0 Å². The molecule has 3 unspecified atom stereocenters. The molecule has 0 aliphatic carbocycles. The maximum Gasteiger partial charge on any atom is 0.159 e. The molecule has 3 atom stereocenters. The molecule has 6 rings (SSSR count). The quantitative estimate of drug-likeness (QED) is 0.411. The molecule has 2 aromatic carbocycles. The molecule has 0 amide bonds. The van der Waals surface area contributed by atoms with Crippen molar-refractivity contribution in [1.82, 2.24) is 14.9 Å². The van der Waals surface area contributed by atoms with E-state index in [2.05, 4.69) is 30.9 Å². The topological polar surface area (TPSA) is 48.5 Å². The van der Waals surface area contributed by atoms with Crippen LogP contribution in [0.4, 0.5) is 5.69 Å². The van der Waals surface area contributed by atoms with E-state index in [0.29, 0.717) is 18.7 Å². The van der Waals surface area contributed by atoms with E-state index in [0.717, 1.165) is 48.0 Å². The van der Waals surface area contributed by atoms with Crippen LogP contribution in [0.5, 0.6) is 11.5 Å². The predicted octanol–water partition coefficient (Wildman–Crippen LogP) is 4.86. The van der Waals surface area contributed by atoms with Crippen LogP contribution in [0.1, 0.15) is 64.7 Å². The van der Waals surface area contributed by atoms with E-state index in [4.69, 9.17) is 10.8 Å². The molecule has 4 aliphatic heterocycles. The van der Waals surface area contributed by atoms with Crippen molar-refractivity contribution >= 4 is 11.5 Å². The minimum atomic E-state index is -0.813.